The summed E-state index contributed by atoms with van der Waals surface area (Å²) in [5, 5.41) is 10.8. The monoisotopic (exact) mass is 688 g/mol. The molecule has 0 fully saturated rings. The average molecular weight is 690 g/mol. The fourth-order valence-corrected chi connectivity index (χ4v) is 6.89. The highest BCUT2D eigenvalue weighted by atomic mass is 35.5. The molecular formula is C36H34Cl2N4O4S. The predicted molar refractivity (Wildman–Crippen MR) is 189 cm³/mol. The molecule has 0 saturated heterocycles. The van der Waals surface area contributed by atoms with Crippen LogP contribution in [0.1, 0.15) is 38.6 Å². The Hall–Kier alpha value is -4.44. The van der Waals surface area contributed by atoms with E-state index < -0.39 is 16.1 Å². The van der Waals surface area contributed by atoms with Crippen molar-refractivity contribution in [3.05, 3.63) is 131 Å². The Morgan fingerprint density at radius 3 is 2.23 bits per heavy atom. The molecule has 5 aromatic rings. The third kappa shape index (κ3) is 7.43. The molecule has 1 aliphatic heterocycles. The second kappa shape index (κ2) is 13.0. The summed E-state index contributed by atoms with van der Waals surface area (Å²) in [5.41, 5.74) is 5.53. The molecular weight excluding hydrogens is 655 g/mol. The number of rotatable bonds is 9. The number of aliphatic hydroxyl groups excluding tert-OH is 1. The van der Waals surface area contributed by atoms with E-state index in [4.69, 9.17) is 32.9 Å². The normalized spacial score (nSPS) is 14.1. The van der Waals surface area contributed by atoms with E-state index in [2.05, 4.69) is 61.9 Å². The van der Waals surface area contributed by atoms with Crippen molar-refractivity contribution >= 4 is 39.1 Å². The van der Waals surface area contributed by atoms with Crippen LogP contribution in [0.2, 0.25) is 10.0 Å². The van der Waals surface area contributed by atoms with Crippen LogP contribution in [0.4, 0.5) is 5.69 Å². The molecule has 0 radical (unpaired) electrons. The fraction of sp³-hybridized carbons (Fsp3) is 0.194. The molecule has 0 bridgehead atoms. The first-order chi connectivity index (χ1) is 22.4. The summed E-state index contributed by atoms with van der Waals surface area (Å²) < 4.78 is 36.1. The second-order valence-corrected chi connectivity index (χ2v) is 14.9. The van der Waals surface area contributed by atoms with Gasteiger partial charge in [-0.05, 0) is 71.0 Å². The van der Waals surface area contributed by atoms with Crippen molar-refractivity contribution in [2.45, 2.75) is 33.6 Å². The Labute approximate surface area is 285 Å². The summed E-state index contributed by atoms with van der Waals surface area (Å²) in [4.78, 5) is 4.96. The zero-order valence-corrected chi connectivity index (χ0v) is 28.4. The number of nitrogens with zero attached hydrogens (tertiary/aromatic N) is 3. The summed E-state index contributed by atoms with van der Waals surface area (Å²) >= 11 is 13.1. The summed E-state index contributed by atoms with van der Waals surface area (Å²) in [6.45, 7) is 7.27. The zero-order chi connectivity index (χ0) is 33.3. The number of hydrogen-bond acceptors (Lipinski definition) is 5. The number of hydrogen-bond donors (Lipinski definition) is 2. The Morgan fingerprint density at radius 1 is 0.872 bits per heavy atom. The van der Waals surface area contributed by atoms with Gasteiger partial charge in [0.05, 0.1) is 34.2 Å². The van der Waals surface area contributed by atoms with Gasteiger partial charge in [0.2, 0.25) is 5.88 Å². The van der Waals surface area contributed by atoms with Crippen LogP contribution >= 0.6 is 23.2 Å². The van der Waals surface area contributed by atoms with Crippen LogP contribution in [0.3, 0.4) is 0 Å². The van der Waals surface area contributed by atoms with E-state index in [-0.39, 0.29) is 5.41 Å². The van der Waals surface area contributed by atoms with Gasteiger partial charge in [0.25, 0.3) is 0 Å². The quantitative estimate of drug-likeness (QED) is 0.161. The maximum absolute atomic E-state index is 12.6. The largest absolute Gasteiger partial charge is 0.494 e. The van der Waals surface area contributed by atoms with E-state index in [1.54, 1.807) is 36.4 Å². The summed E-state index contributed by atoms with van der Waals surface area (Å²) in [6.07, 6.45) is 4.39. The molecule has 47 heavy (non-hydrogen) atoms. The molecule has 2 heterocycles. The van der Waals surface area contributed by atoms with E-state index in [1.165, 1.54) is 0 Å². The SMILES string of the molecule is CC(C)(C)CCOc1cccc(-c2ccc(Cc3nc(-c4c(Cl)cccc4Cl)cn3-c3cccc(N4C=C(O)NS4(=O)=O)c3)cc2)c1. The third-order valence-electron chi connectivity index (χ3n) is 7.70. The van der Waals surface area contributed by atoms with Gasteiger partial charge in [0.15, 0.2) is 0 Å². The minimum absolute atomic E-state index is 0.207. The van der Waals surface area contributed by atoms with Gasteiger partial charge in [-0.3, -0.25) is 0 Å². The van der Waals surface area contributed by atoms with Crippen LogP contribution in [0.25, 0.3) is 28.1 Å². The highest BCUT2D eigenvalue weighted by molar-refractivity contribution is 7.91. The Balaban J connectivity index is 1.32. The molecule has 1 aromatic heterocycles. The molecule has 8 nitrogen and oxygen atoms in total. The van der Waals surface area contributed by atoms with Gasteiger partial charge >= 0.3 is 10.2 Å². The maximum atomic E-state index is 12.6. The van der Waals surface area contributed by atoms with Gasteiger partial charge in [-0.15, -0.1) is 0 Å². The smallest absolute Gasteiger partial charge is 0.330 e. The number of nitrogens with one attached hydrogen (secondary N) is 1. The maximum Gasteiger partial charge on any atom is 0.330 e. The van der Waals surface area contributed by atoms with Crippen molar-refractivity contribution in [1.29, 1.82) is 0 Å². The molecule has 6 rings (SSSR count). The van der Waals surface area contributed by atoms with Gasteiger partial charge in [0.1, 0.15) is 11.6 Å². The predicted octanol–water partition coefficient (Wildman–Crippen LogP) is 8.93. The molecule has 2 N–H and O–H groups in total. The van der Waals surface area contributed by atoms with Gasteiger partial charge in [-0.1, -0.05) is 92.5 Å². The fourth-order valence-electron chi connectivity index (χ4n) is 5.25. The summed E-state index contributed by atoms with van der Waals surface area (Å²) in [5.74, 6) is 1.07. The number of aliphatic hydroxyl groups is 1. The van der Waals surface area contributed by atoms with Crippen LogP contribution in [-0.2, 0) is 16.6 Å². The highest BCUT2D eigenvalue weighted by Crippen LogP contribution is 2.36. The second-order valence-electron chi connectivity index (χ2n) is 12.5. The lowest BCUT2D eigenvalue weighted by atomic mass is 9.93. The highest BCUT2D eigenvalue weighted by Gasteiger charge is 2.29. The lowest BCUT2D eigenvalue weighted by Gasteiger charge is -2.18. The molecule has 0 unspecified atom stereocenters. The molecule has 0 aliphatic carbocycles. The number of anilines is 1. The molecule has 0 spiro atoms. The topological polar surface area (TPSA) is 96.7 Å². The Morgan fingerprint density at radius 2 is 1.55 bits per heavy atom. The number of halogens is 2. The third-order valence-corrected chi connectivity index (χ3v) is 9.63. The molecule has 0 amide bonds. The van der Waals surface area contributed by atoms with Crippen molar-refractivity contribution in [3.63, 3.8) is 0 Å². The van der Waals surface area contributed by atoms with E-state index in [9.17, 15) is 13.5 Å². The molecule has 0 saturated carbocycles. The lowest BCUT2D eigenvalue weighted by Crippen LogP contribution is -2.29. The van der Waals surface area contributed by atoms with Crippen molar-refractivity contribution < 1.29 is 18.3 Å². The molecule has 4 aromatic carbocycles. The molecule has 0 atom stereocenters. The summed E-state index contributed by atoms with van der Waals surface area (Å²) in [6, 6.07) is 28.6. The minimum atomic E-state index is -3.96. The number of imidazole rings is 1. The minimum Gasteiger partial charge on any atom is -0.494 e. The molecule has 11 heteroatoms. The van der Waals surface area contributed by atoms with Crippen LogP contribution < -0.4 is 13.8 Å². The molecule has 1 aliphatic rings. The van der Waals surface area contributed by atoms with Gasteiger partial charge in [-0.2, -0.15) is 8.42 Å². The van der Waals surface area contributed by atoms with Gasteiger partial charge < -0.3 is 14.4 Å². The van der Waals surface area contributed by atoms with E-state index in [0.29, 0.717) is 51.5 Å². The molecule has 242 valence electrons. The first kappa shape index (κ1) is 32.5. The van der Waals surface area contributed by atoms with Crippen molar-refractivity contribution in [1.82, 2.24) is 14.3 Å². The average Bonchev–Trinajstić information content (AvgIpc) is 3.55. The van der Waals surface area contributed by atoms with Gasteiger partial charge in [-0.25, -0.2) is 14.0 Å². The van der Waals surface area contributed by atoms with Crippen LogP contribution in [-0.4, -0.2) is 29.7 Å². The van der Waals surface area contributed by atoms with Crippen LogP contribution in [0, 0.1) is 5.41 Å². The van der Waals surface area contributed by atoms with Crippen molar-refractivity contribution in [3.8, 4) is 33.8 Å². The number of benzene rings is 4. The first-order valence-corrected chi connectivity index (χ1v) is 17.2. The van der Waals surface area contributed by atoms with E-state index in [1.807, 2.05) is 29.0 Å². The Bertz CT molecular complexity index is 2050. The van der Waals surface area contributed by atoms with Gasteiger partial charge in [0, 0.05) is 23.9 Å². The van der Waals surface area contributed by atoms with Crippen LogP contribution in [0.15, 0.2) is 109 Å². The van der Waals surface area contributed by atoms with Crippen molar-refractivity contribution in [2.75, 3.05) is 10.9 Å². The number of ether oxygens (including phenoxy) is 1. The van der Waals surface area contributed by atoms with Crippen molar-refractivity contribution in [2.24, 2.45) is 5.41 Å². The van der Waals surface area contributed by atoms with E-state index in [0.717, 1.165) is 39.4 Å². The lowest BCUT2D eigenvalue weighted by molar-refractivity contribution is 0.243. The first-order valence-electron chi connectivity index (χ1n) is 15.0. The zero-order valence-electron chi connectivity index (χ0n) is 26.1. The Kier molecular flexibility index (Phi) is 8.98. The summed E-state index contributed by atoms with van der Waals surface area (Å²) in [7, 11) is -3.96. The van der Waals surface area contributed by atoms with Crippen LogP contribution in [0.5, 0.6) is 5.75 Å². The number of aromatic nitrogens is 2. The standard InChI is InChI=1S/C36H34Cl2N4O4S/c1-36(2,3)17-18-46-29-10-4-7-26(20-29)25-15-13-24(14-16-25)19-33-39-32(35-30(37)11-6-12-31(35)38)22-41(33)27-8-5-9-28(21-27)42-23-34(43)40-47(42,44)45/h4-16,20-23,40,43H,17-19H2,1-3H3. The van der Waals surface area contributed by atoms with E-state index >= 15 is 0 Å².